The first-order valence-electron chi connectivity index (χ1n) is 9.70. The minimum atomic E-state index is -0.0405. The van der Waals surface area contributed by atoms with Gasteiger partial charge in [-0.1, -0.05) is 6.07 Å². The van der Waals surface area contributed by atoms with Crippen LogP contribution in [0.5, 0.6) is 0 Å². The molecule has 1 fully saturated rings. The summed E-state index contributed by atoms with van der Waals surface area (Å²) in [7, 11) is 0. The minimum Gasteiger partial charge on any atom is -0.442 e. The van der Waals surface area contributed by atoms with Gasteiger partial charge in [-0.05, 0) is 45.2 Å². The quantitative estimate of drug-likeness (QED) is 0.753. The Hall–Kier alpha value is -2.96. The molecule has 4 heterocycles. The molecule has 7 nitrogen and oxygen atoms in total. The van der Waals surface area contributed by atoms with Crippen LogP contribution in [0.2, 0.25) is 0 Å². The fourth-order valence-electron chi connectivity index (χ4n) is 3.85. The zero-order chi connectivity index (χ0) is 19.5. The number of nitrogens with zero attached hydrogens (tertiary/aromatic N) is 4. The third kappa shape index (κ3) is 2.82. The molecule has 0 aromatic carbocycles. The molecular formula is C21H23N5O2. The van der Waals surface area contributed by atoms with Gasteiger partial charge in [0.25, 0.3) is 5.91 Å². The van der Waals surface area contributed by atoms with Crippen LogP contribution < -0.4 is 5.32 Å². The molecular weight excluding hydrogens is 354 g/mol. The van der Waals surface area contributed by atoms with Crippen LogP contribution in [0.3, 0.4) is 0 Å². The molecule has 3 aromatic heterocycles. The number of aryl methyl sites for hydroxylation is 2. The van der Waals surface area contributed by atoms with Gasteiger partial charge in [-0.25, -0.2) is 9.97 Å². The predicted molar refractivity (Wildman–Crippen MR) is 105 cm³/mol. The molecule has 5 rings (SSSR count). The summed E-state index contributed by atoms with van der Waals surface area (Å²) in [6, 6.07) is 4.07. The Morgan fingerprint density at radius 3 is 2.86 bits per heavy atom. The van der Waals surface area contributed by atoms with E-state index in [9.17, 15) is 4.79 Å². The molecule has 1 aliphatic heterocycles. The molecule has 3 aromatic rings. The van der Waals surface area contributed by atoms with E-state index in [0.717, 1.165) is 36.2 Å². The highest BCUT2D eigenvalue weighted by Crippen LogP contribution is 2.40. The number of carbonyl (C=O) groups excluding carboxylic acids is 1. The van der Waals surface area contributed by atoms with Crippen LogP contribution in [-0.2, 0) is 13.0 Å². The number of pyridine rings is 1. The summed E-state index contributed by atoms with van der Waals surface area (Å²) in [5.41, 5.74) is 4.26. The van der Waals surface area contributed by atoms with Crippen molar-refractivity contribution in [1.29, 1.82) is 0 Å². The number of nitrogens with one attached hydrogen (secondary N) is 1. The summed E-state index contributed by atoms with van der Waals surface area (Å²) in [5, 5.41) is 4.16. The summed E-state index contributed by atoms with van der Waals surface area (Å²) in [5.74, 6) is 1.22. The second-order valence-electron chi connectivity index (χ2n) is 8.16. The highest BCUT2D eigenvalue weighted by molar-refractivity contribution is 6.10. The molecule has 1 N–H and O–H groups in total. The monoisotopic (exact) mass is 377 g/mol. The van der Waals surface area contributed by atoms with E-state index in [1.54, 1.807) is 0 Å². The van der Waals surface area contributed by atoms with E-state index in [4.69, 9.17) is 4.42 Å². The predicted octanol–water partition coefficient (Wildman–Crippen LogP) is 3.40. The number of amides is 1. The molecule has 0 atom stereocenters. The van der Waals surface area contributed by atoms with E-state index >= 15 is 0 Å². The van der Waals surface area contributed by atoms with Crippen LogP contribution in [0, 0.1) is 13.8 Å². The van der Waals surface area contributed by atoms with Crippen LogP contribution in [0.25, 0.3) is 11.1 Å². The normalized spacial score (nSPS) is 17.5. The number of furan rings is 1. The van der Waals surface area contributed by atoms with Gasteiger partial charge in [0.05, 0.1) is 10.9 Å². The smallest absolute Gasteiger partial charge is 0.258 e. The van der Waals surface area contributed by atoms with Crippen molar-refractivity contribution in [1.82, 2.24) is 19.9 Å². The third-order valence-electron chi connectivity index (χ3n) is 5.77. The lowest BCUT2D eigenvalue weighted by molar-refractivity contribution is 0.0733. The summed E-state index contributed by atoms with van der Waals surface area (Å²) in [4.78, 5) is 28.6. The van der Waals surface area contributed by atoms with Crippen molar-refractivity contribution >= 4 is 22.8 Å². The van der Waals surface area contributed by atoms with Crippen molar-refractivity contribution in [2.75, 3.05) is 11.9 Å². The highest BCUT2D eigenvalue weighted by atomic mass is 16.3. The fourth-order valence-corrected chi connectivity index (χ4v) is 3.85. The Kier molecular flexibility index (Phi) is 3.69. The fraction of sp³-hybridized carbons (Fsp3) is 0.429. The minimum absolute atomic E-state index is 0.0405. The van der Waals surface area contributed by atoms with Crippen LogP contribution >= 0.6 is 0 Å². The molecule has 1 aliphatic carbocycles. The first-order valence-corrected chi connectivity index (χ1v) is 9.70. The van der Waals surface area contributed by atoms with Gasteiger partial charge in [0.15, 0.2) is 0 Å². The lowest BCUT2D eigenvalue weighted by Crippen LogP contribution is -2.36. The zero-order valence-electron chi connectivity index (χ0n) is 16.4. The standard InChI is InChI=1S/C21H23N5O2/c1-12-4-5-14-10-26(9-6-15(14)24-12)20(27)16-13(2)28-19-17(16)18(22-11-23-19)25-21(3)7-8-21/h4-5,11H,6-10H2,1-3H3,(H,22,23,25). The van der Waals surface area contributed by atoms with Gasteiger partial charge in [-0.2, -0.15) is 0 Å². The van der Waals surface area contributed by atoms with Gasteiger partial charge < -0.3 is 14.6 Å². The number of anilines is 1. The first-order chi connectivity index (χ1) is 13.4. The summed E-state index contributed by atoms with van der Waals surface area (Å²) in [6.45, 7) is 7.17. The first kappa shape index (κ1) is 17.2. The molecule has 1 saturated carbocycles. The van der Waals surface area contributed by atoms with Gasteiger partial charge in [-0.15, -0.1) is 0 Å². The molecule has 28 heavy (non-hydrogen) atoms. The summed E-state index contributed by atoms with van der Waals surface area (Å²) >= 11 is 0. The highest BCUT2D eigenvalue weighted by Gasteiger charge is 2.39. The lowest BCUT2D eigenvalue weighted by atomic mass is 10.0. The average molecular weight is 377 g/mol. The van der Waals surface area contributed by atoms with Crippen molar-refractivity contribution in [3.05, 3.63) is 46.7 Å². The van der Waals surface area contributed by atoms with Crippen LogP contribution in [0.15, 0.2) is 22.9 Å². The van der Waals surface area contributed by atoms with Crippen LogP contribution in [0.4, 0.5) is 5.82 Å². The van der Waals surface area contributed by atoms with Gasteiger partial charge in [0.1, 0.15) is 17.9 Å². The largest absolute Gasteiger partial charge is 0.442 e. The van der Waals surface area contributed by atoms with Crippen molar-refractivity contribution in [2.45, 2.75) is 52.1 Å². The molecule has 2 aliphatic rings. The maximum atomic E-state index is 13.5. The van der Waals surface area contributed by atoms with Crippen LogP contribution in [-0.4, -0.2) is 37.8 Å². The van der Waals surface area contributed by atoms with E-state index in [2.05, 4.69) is 33.3 Å². The maximum absolute atomic E-state index is 13.5. The Morgan fingerprint density at radius 1 is 1.25 bits per heavy atom. The molecule has 144 valence electrons. The number of carbonyl (C=O) groups is 1. The molecule has 7 heteroatoms. The number of fused-ring (bicyclic) bond motifs is 2. The molecule has 0 unspecified atom stereocenters. The van der Waals surface area contributed by atoms with Crippen molar-refractivity contribution < 1.29 is 9.21 Å². The van der Waals surface area contributed by atoms with E-state index in [1.165, 1.54) is 6.33 Å². The second-order valence-corrected chi connectivity index (χ2v) is 8.16. The Balaban J connectivity index is 1.53. The molecule has 0 saturated heterocycles. The average Bonchev–Trinajstić information content (AvgIpc) is 3.29. The van der Waals surface area contributed by atoms with Gasteiger partial charge in [-0.3, -0.25) is 9.78 Å². The maximum Gasteiger partial charge on any atom is 0.258 e. The topological polar surface area (TPSA) is 84.2 Å². The Morgan fingerprint density at radius 2 is 2.07 bits per heavy atom. The molecule has 0 radical (unpaired) electrons. The van der Waals surface area contributed by atoms with Gasteiger partial charge >= 0.3 is 0 Å². The SMILES string of the molecule is Cc1ccc2c(n1)CCN(C(=O)c1c(C)oc3ncnc(NC4(C)CC4)c13)C2. The van der Waals surface area contributed by atoms with E-state index in [1.807, 2.05) is 24.8 Å². The van der Waals surface area contributed by atoms with Crippen molar-refractivity contribution in [3.63, 3.8) is 0 Å². The van der Waals surface area contributed by atoms with E-state index in [0.29, 0.717) is 41.3 Å². The number of hydrogen-bond acceptors (Lipinski definition) is 6. The summed E-state index contributed by atoms with van der Waals surface area (Å²) in [6.07, 6.45) is 4.43. The number of rotatable bonds is 3. The Bertz CT molecular complexity index is 1100. The molecule has 1 amide bonds. The number of hydrogen-bond donors (Lipinski definition) is 1. The third-order valence-corrected chi connectivity index (χ3v) is 5.77. The van der Waals surface area contributed by atoms with Gasteiger partial charge in [0.2, 0.25) is 5.71 Å². The van der Waals surface area contributed by atoms with Crippen LogP contribution in [0.1, 0.15) is 52.8 Å². The van der Waals surface area contributed by atoms with Crippen molar-refractivity contribution in [3.8, 4) is 0 Å². The number of aromatic nitrogens is 3. The molecule has 0 spiro atoms. The summed E-state index contributed by atoms with van der Waals surface area (Å²) < 4.78 is 5.82. The Labute approximate surface area is 163 Å². The van der Waals surface area contributed by atoms with E-state index < -0.39 is 0 Å². The lowest BCUT2D eigenvalue weighted by Gasteiger charge is -2.28. The molecule has 0 bridgehead atoms. The van der Waals surface area contributed by atoms with Crippen molar-refractivity contribution in [2.24, 2.45) is 0 Å². The van der Waals surface area contributed by atoms with E-state index in [-0.39, 0.29) is 11.4 Å². The zero-order valence-corrected chi connectivity index (χ0v) is 16.4. The second kappa shape index (κ2) is 6.02. The van der Waals surface area contributed by atoms with Gasteiger partial charge in [0, 0.05) is 36.4 Å².